The van der Waals surface area contributed by atoms with Crippen LogP contribution in [-0.4, -0.2) is 53.8 Å². The molecule has 2 saturated heterocycles. The van der Waals surface area contributed by atoms with E-state index in [9.17, 15) is 4.79 Å². The predicted octanol–water partition coefficient (Wildman–Crippen LogP) is 5.75. The highest BCUT2D eigenvalue weighted by Crippen LogP contribution is 2.46. The number of carbonyl (C=O) groups excluding carboxylic acids is 1. The molecule has 2 saturated carbocycles. The molecule has 2 heterocycles. The minimum absolute atomic E-state index is 0.327. The Kier molecular flexibility index (Phi) is 6.17. The second-order valence-corrected chi connectivity index (χ2v) is 11.0. The molecule has 1 amide bonds. The zero-order valence-electron chi connectivity index (χ0n) is 20.3. The van der Waals surface area contributed by atoms with Gasteiger partial charge in [-0.2, -0.15) is 0 Å². The van der Waals surface area contributed by atoms with Gasteiger partial charge >= 0.3 is 6.09 Å². The Morgan fingerprint density at radius 1 is 0.971 bits per heavy atom. The maximum atomic E-state index is 16.3. The highest BCUT2D eigenvalue weighted by molar-refractivity contribution is 5.72. The van der Waals surface area contributed by atoms with E-state index in [1.54, 1.807) is 4.90 Å². The molecule has 2 aliphatic heterocycles. The predicted molar refractivity (Wildman–Crippen MR) is 132 cm³/mol. The largest absolute Gasteiger partial charge is 0.493 e. The summed E-state index contributed by atoms with van der Waals surface area (Å²) in [5.41, 5.74) is 0.762. The summed E-state index contributed by atoms with van der Waals surface area (Å²) in [7, 11) is 0. The molecule has 6 rings (SSSR count). The number of piperidine rings is 1. The number of benzene rings is 2. The molecule has 6 heteroatoms. The molecular weight excluding hydrogens is 443 g/mol. The Bertz CT molecular complexity index is 1010. The van der Waals surface area contributed by atoms with Gasteiger partial charge in [0, 0.05) is 39.0 Å². The third-order valence-corrected chi connectivity index (χ3v) is 8.17. The van der Waals surface area contributed by atoms with Crippen LogP contribution in [-0.2, 0) is 11.3 Å². The van der Waals surface area contributed by atoms with Gasteiger partial charge in [0.2, 0.25) is 0 Å². The van der Waals surface area contributed by atoms with Gasteiger partial charge in [0.05, 0.1) is 6.61 Å². The average molecular weight is 479 g/mol. The fourth-order valence-electron chi connectivity index (χ4n) is 5.66. The molecule has 2 aliphatic carbocycles. The van der Waals surface area contributed by atoms with Crippen molar-refractivity contribution in [3.63, 3.8) is 0 Å². The summed E-state index contributed by atoms with van der Waals surface area (Å²) < 4.78 is 28.2. The Labute approximate surface area is 207 Å². The van der Waals surface area contributed by atoms with Crippen LogP contribution in [0.5, 0.6) is 5.75 Å². The normalized spacial score (nSPS) is 25.0. The van der Waals surface area contributed by atoms with Crippen LogP contribution in [0.25, 0.3) is 0 Å². The van der Waals surface area contributed by atoms with Crippen LogP contribution in [0.4, 0.5) is 9.18 Å². The van der Waals surface area contributed by atoms with Crippen LogP contribution in [0.2, 0.25) is 0 Å². The lowest BCUT2D eigenvalue weighted by Crippen LogP contribution is -2.54. The lowest BCUT2D eigenvalue weighted by Gasteiger charge is -2.42. The van der Waals surface area contributed by atoms with Crippen molar-refractivity contribution >= 4 is 6.09 Å². The molecule has 1 spiro atoms. The van der Waals surface area contributed by atoms with E-state index in [1.807, 2.05) is 54.6 Å². The van der Waals surface area contributed by atoms with E-state index < -0.39 is 23.9 Å². The molecule has 35 heavy (non-hydrogen) atoms. The van der Waals surface area contributed by atoms with E-state index in [2.05, 4.69) is 4.90 Å². The van der Waals surface area contributed by atoms with Crippen molar-refractivity contribution in [2.24, 2.45) is 11.8 Å². The fraction of sp³-hybridized carbons (Fsp3) is 0.552. The van der Waals surface area contributed by atoms with Crippen molar-refractivity contribution < 1.29 is 18.7 Å². The second kappa shape index (κ2) is 9.45. The van der Waals surface area contributed by atoms with E-state index >= 15 is 4.39 Å². The van der Waals surface area contributed by atoms with Crippen molar-refractivity contribution in [3.8, 4) is 5.75 Å². The molecule has 0 aromatic heterocycles. The first-order valence-corrected chi connectivity index (χ1v) is 13.2. The highest BCUT2D eigenvalue weighted by atomic mass is 19.1. The van der Waals surface area contributed by atoms with Gasteiger partial charge in [0.25, 0.3) is 0 Å². The molecule has 5 nitrogen and oxygen atoms in total. The van der Waals surface area contributed by atoms with E-state index in [-0.39, 0.29) is 0 Å². The first kappa shape index (κ1) is 22.8. The lowest BCUT2D eigenvalue weighted by atomic mass is 9.80. The average Bonchev–Trinajstić information content (AvgIpc) is 3.81. The molecule has 2 aromatic carbocycles. The fourth-order valence-corrected chi connectivity index (χ4v) is 5.66. The van der Waals surface area contributed by atoms with E-state index in [4.69, 9.17) is 9.47 Å². The van der Waals surface area contributed by atoms with Gasteiger partial charge in [-0.05, 0) is 60.8 Å². The van der Waals surface area contributed by atoms with Crippen LogP contribution < -0.4 is 4.74 Å². The van der Waals surface area contributed by atoms with Crippen molar-refractivity contribution in [3.05, 3.63) is 65.7 Å². The van der Waals surface area contributed by atoms with Crippen molar-refractivity contribution in [1.29, 1.82) is 0 Å². The Morgan fingerprint density at radius 2 is 1.66 bits per heavy atom. The number of hydrogen-bond donors (Lipinski definition) is 0. The van der Waals surface area contributed by atoms with Crippen molar-refractivity contribution in [2.45, 2.75) is 62.9 Å². The quantitative estimate of drug-likeness (QED) is 0.460. The van der Waals surface area contributed by atoms with Gasteiger partial charge in [-0.1, -0.05) is 42.5 Å². The molecule has 186 valence electrons. The zero-order valence-corrected chi connectivity index (χ0v) is 20.3. The number of carbonyl (C=O) groups is 1. The molecule has 0 N–H and O–H groups in total. The Hall–Kier alpha value is -2.60. The van der Waals surface area contributed by atoms with Crippen LogP contribution in [0.3, 0.4) is 0 Å². The van der Waals surface area contributed by atoms with Gasteiger partial charge in [-0.15, -0.1) is 0 Å². The molecule has 4 aliphatic rings. The summed E-state index contributed by atoms with van der Waals surface area (Å²) in [4.78, 5) is 17.3. The summed E-state index contributed by atoms with van der Waals surface area (Å²) >= 11 is 0. The second-order valence-electron chi connectivity index (χ2n) is 11.0. The van der Waals surface area contributed by atoms with Crippen molar-refractivity contribution in [1.82, 2.24) is 9.80 Å². The minimum atomic E-state index is -1.31. The summed E-state index contributed by atoms with van der Waals surface area (Å²) in [5.74, 6) is 2.35. The monoisotopic (exact) mass is 478 g/mol. The Balaban J connectivity index is 1.21. The summed E-state index contributed by atoms with van der Waals surface area (Å²) in [6.07, 6.45) is 4.78. The molecular formula is C29H35FN2O3. The van der Waals surface area contributed by atoms with Crippen LogP contribution in [0.15, 0.2) is 54.6 Å². The maximum Gasteiger partial charge on any atom is 0.411 e. The zero-order chi connectivity index (χ0) is 23.8. The topological polar surface area (TPSA) is 42.0 Å². The number of likely N-dealkylation sites (tertiary alicyclic amines) is 1. The van der Waals surface area contributed by atoms with E-state index in [0.29, 0.717) is 30.9 Å². The van der Waals surface area contributed by atoms with Gasteiger partial charge in [-0.3, -0.25) is 4.90 Å². The SMILES string of the molecule is O=C1OC2(CCN(CC3CC3)CC2)C(C(F)c2ccccc2)N1Cc1ccc(OCC2CC2)cc1. The Morgan fingerprint density at radius 3 is 2.31 bits per heavy atom. The smallest absolute Gasteiger partial charge is 0.411 e. The van der Waals surface area contributed by atoms with Gasteiger partial charge < -0.3 is 14.4 Å². The highest BCUT2D eigenvalue weighted by Gasteiger charge is 2.58. The van der Waals surface area contributed by atoms with Gasteiger partial charge in [0.1, 0.15) is 23.6 Å². The number of hydrogen-bond acceptors (Lipinski definition) is 4. The third-order valence-electron chi connectivity index (χ3n) is 8.17. The summed E-state index contributed by atoms with van der Waals surface area (Å²) in [6, 6.07) is 16.4. The van der Waals surface area contributed by atoms with Crippen LogP contribution >= 0.6 is 0 Å². The van der Waals surface area contributed by atoms with Gasteiger partial charge in [0.15, 0.2) is 0 Å². The van der Waals surface area contributed by atoms with Crippen LogP contribution in [0.1, 0.15) is 55.8 Å². The number of halogens is 1. The minimum Gasteiger partial charge on any atom is -0.493 e. The molecule has 2 aromatic rings. The molecule has 2 unspecified atom stereocenters. The standard InChI is InChI=1S/C29H35FN2O3/c30-26(24-4-2-1-3-5-24)27-29(14-16-31(17-15-29)18-21-6-7-21)35-28(33)32(27)19-22-10-12-25(13-11-22)34-20-23-8-9-23/h1-5,10-13,21,23,26-27H,6-9,14-20H2. The number of amides is 1. The third kappa shape index (κ3) is 5.04. The van der Waals surface area contributed by atoms with Gasteiger partial charge in [-0.25, -0.2) is 9.18 Å². The first-order chi connectivity index (χ1) is 17.1. The molecule has 0 radical (unpaired) electrons. The number of alkyl halides is 1. The molecule has 4 fully saturated rings. The van der Waals surface area contributed by atoms with E-state index in [1.165, 1.54) is 25.7 Å². The molecule has 0 bridgehead atoms. The summed E-state index contributed by atoms with van der Waals surface area (Å²) in [5, 5.41) is 0. The number of rotatable bonds is 9. The first-order valence-electron chi connectivity index (χ1n) is 13.2. The maximum absolute atomic E-state index is 16.3. The summed E-state index contributed by atoms with van der Waals surface area (Å²) in [6.45, 7) is 3.91. The lowest BCUT2D eigenvalue weighted by molar-refractivity contribution is -0.0416. The number of ether oxygens (including phenoxy) is 2. The van der Waals surface area contributed by atoms with Crippen LogP contribution in [0, 0.1) is 11.8 Å². The van der Waals surface area contributed by atoms with E-state index in [0.717, 1.165) is 43.5 Å². The number of nitrogens with zero attached hydrogens (tertiary/aromatic N) is 2. The molecule has 2 atom stereocenters. The van der Waals surface area contributed by atoms with Crippen molar-refractivity contribution in [2.75, 3.05) is 26.2 Å².